The average Bonchev–Trinajstić information content (AvgIpc) is 2.84. The molecule has 0 saturated carbocycles. The molecule has 3 aromatic carbocycles. The molecule has 0 aromatic heterocycles. The van der Waals surface area contributed by atoms with E-state index in [1.54, 1.807) is 6.07 Å². The maximum atomic E-state index is 11.2. The number of rotatable bonds is 7. The Hall–Kier alpha value is -2.79. The zero-order chi connectivity index (χ0) is 25.1. The third-order valence-electron chi connectivity index (χ3n) is 6.52. The van der Waals surface area contributed by atoms with Crippen molar-refractivity contribution in [3.8, 4) is 5.75 Å². The third kappa shape index (κ3) is 5.72. The van der Waals surface area contributed by atoms with E-state index in [4.69, 9.17) is 32.7 Å². The summed E-state index contributed by atoms with van der Waals surface area (Å²) in [6, 6.07) is 21.6. The zero-order valence-corrected chi connectivity index (χ0v) is 21.2. The van der Waals surface area contributed by atoms with Crippen LogP contribution in [0.1, 0.15) is 53.7 Å². The van der Waals surface area contributed by atoms with E-state index in [0.29, 0.717) is 21.4 Å². The van der Waals surface area contributed by atoms with Crippen LogP contribution in [0.25, 0.3) is 0 Å². The van der Waals surface area contributed by atoms with Crippen LogP contribution < -0.4 is 4.74 Å². The number of carboxylic acid groups (broad SMARTS) is 1. The minimum atomic E-state index is -1.05. The van der Waals surface area contributed by atoms with Crippen LogP contribution in [0.5, 0.6) is 5.75 Å². The molecule has 1 saturated heterocycles. The van der Waals surface area contributed by atoms with E-state index in [-0.39, 0.29) is 17.9 Å². The van der Waals surface area contributed by atoms with E-state index in [2.05, 4.69) is 18.7 Å². The standard InChI is InChI=1S/C29H28Cl2O4/c1-17(2)22-14-23(19-8-5-4-6-9-19)28(20-10-7-11-21(30)13-20)35-29(22)24-15-25(31)18(3)12-26(24)34-16-27(32)33/h4-13,15,22-23,28-29H,1,14,16H2,2-3H3,(H,32,33)/t22-,23+,28+,29+/m1/s1. The molecule has 0 spiro atoms. The van der Waals surface area contributed by atoms with Crippen molar-refractivity contribution in [3.05, 3.63) is 111 Å². The number of hydrogen-bond acceptors (Lipinski definition) is 3. The Balaban J connectivity index is 1.83. The SMILES string of the molecule is C=C(C)[C@H]1C[C@@H](c2ccccc2)[C@H](c2cccc(Cl)c2)O[C@@H]1c1cc(Cl)c(C)cc1OCC(=O)O. The maximum absolute atomic E-state index is 11.2. The van der Waals surface area contributed by atoms with Gasteiger partial charge in [-0.1, -0.05) is 77.8 Å². The molecular weight excluding hydrogens is 483 g/mol. The lowest BCUT2D eigenvalue weighted by atomic mass is 9.74. The predicted molar refractivity (Wildman–Crippen MR) is 139 cm³/mol. The molecular formula is C29H28Cl2O4. The summed E-state index contributed by atoms with van der Waals surface area (Å²) < 4.78 is 12.6. The second-order valence-corrected chi connectivity index (χ2v) is 9.90. The molecule has 4 rings (SSSR count). The first-order chi connectivity index (χ1) is 16.7. The largest absolute Gasteiger partial charge is 0.482 e. The summed E-state index contributed by atoms with van der Waals surface area (Å²) in [5, 5.41) is 10.4. The quantitative estimate of drug-likeness (QED) is 0.327. The third-order valence-corrected chi connectivity index (χ3v) is 7.16. The van der Waals surface area contributed by atoms with Gasteiger partial charge in [-0.3, -0.25) is 0 Å². The summed E-state index contributed by atoms with van der Waals surface area (Å²) >= 11 is 12.9. The van der Waals surface area contributed by atoms with Crippen molar-refractivity contribution in [2.45, 2.75) is 38.4 Å². The molecule has 1 fully saturated rings. The first-order valence-corrected chi connectivity index (χ1v) is 12.3. The highest BCUT2D eigenvalue weighted by molar-refractivity contribution is 6.31. The molecule has 0 unspecified atom stereocenters. The van der Waals surface area contributed by atoms with Crippen molar-refractivity contribution in [3.63, 3.8) is 0 Å². The molecule has 0 amide bonds. The van der Waals surface area contributed by atoms with Crippen LogP contribution in [-0.4, -0.2) is 17.7 Å². The van der Waals surface area contributed by atoms with Crippen molar-refractivity contribution in [1.29, 1.82) is 0 Å². The zero-order valence-electron chi connectivity index (χ0n) is 19.7. The normalized spacial score (nSPS) is 21.9. The van der Waals surface area contributed by atoms with Crippen LogP contribution in [0.4, 0.5) is 0 Å². The summed E-state index contributed by atoms with van der Waals surface area (Å²) in [6.45, 7) is 7.67. The van der Waals surface area contributed by atoms with E-state index in [1.807, 2.05) is 62.4 Å². The lowest BCUT2D eigenvalue weighted by Crippen LogP contribution is -2.32. The number of aryl methyl sites for hydroxylation is 1. The summed E-state index contributed by atoms with van der Waals surface area (Å²) in [5.74, 6) is -0.572. The Labute approximate surface area is 216 Å². The average molecular weight is 511 g/mol. The van der Waals surface area contributed by atoms with E-state index < -0.39 is 18.7 Å². The first-order valence-electron chi connectivity index (χ1n) is 11.5. The molecule has 182 valence electrons. The minimum absolute atomic E-state index is 0.0402. The number of aliphatic carboxylic acids is 1. The molecule has 1 aliphatic heterocycles. The summed E-state index contributed by atoms with van der Waals surface area (Å²) in [6.07, 6.45) is 0.0628. The van der Waals surface area contributed by atoms with Gasteiger partial charge in [-0.05, 0) is 61.2 Å². The molecule has 1 aliphatic rings. The molecule has 35 heavy (non-hydrogen) atoms. The predicted octanol–water partition coefficient (Wildman–Crippen LogP) is 7.94. The lowest BCUT2D eigenvalue weighted by molar-refractivity contribution is -0.139. The second kappa shape index (κ2) is 10.9. The van der Waals surface area contributed by atoms with Crippen molar-refractivity contribution < 1.29 is 19.4 Å². The van der Waals surface area contributed by atoms with Gasteiger partial charge in [0.25, 0.3) is 0 Å². The van der Waals surface area contributed by atoms with Crippen LogP contribution in [-0.2, 0) is 9.53 Å². The molecule has 4 atom stereocenters. The fraction of sp³-hybridized carbons (Fsp3) is 0.276. The van der Waals surface area contributed by atoms with Gasteiger partial charge in [0, 0.05) is 27.4 Å². The van der Waals surface area contributed by atoms with Crippen molar-refractivity contribution >= 4 is 29.2 Å². The highest BCUT2D eigenvalue weighted by atomic mass is 35.5. The van der Waals surface area contributed by atoms with Gasteiger partial charge in [-0.25, -0.2) is 4.79 Å². The van der Waals surface area contributed by atoms with Crippen molar-refractivity contribution in [2.24, 2.45) is 5.92 Å². The topological polar surface area (TPSA) is 55.8 Å². The molecule has 6 heteroatoms. The van der Waals surface area contributed by atoms with E-state index in [9.17, 15) is 9.90 Å². The van der Waals surface area contributed by atoms with Gasteiger partial charge in [0.05, 0.1) is 12.2 Å². The summed E-state index contributed by atoms with van der Waals surface area (Å²) in [4.78, 5) is 11.2. The van der Waals surface area contributed by atoms with Gasteiger partial charge in [-0.2, -0.15) is 0 Å². The van der Waals surface area contributed by atoms with Gasteiger partial charge < -0.3 is 14.6 Å². The molecule has 4 nitrogen and oxygen atoms in total. The Morgan fingerprint density at radius 3 is 2.43 bits per heavy atom. The van der Waals surface area contributed by atoms with Gasteiger partial charge >= 0.3 is 5.97 Å². The Bertz CT molecular complexity index is 1220. The minimum Gasteiger partial charge on any atom is -0.482 e. The van der Waals surface area contributed by atoms with Crippen molar-refractivity contribution in [2.75, 3.05) is 6.61 Å². The molecule has 3 aromatic rings. The number of benzene rings is 3. The Morgan fingerprint density at radius 1 is 1.06 bits per heavy atom. The summed E-state index contributed by atoms with van der Waals surface area (Å²) in [7, 11) is 0. The molecule has 0 radical (unpaired) electrons. The Morgan fingerprint density at radius 2 is 1.77 bits per heavy atom. The molecule has 0 bridgehead atoms. The number of carboxylic acids is 1. The van der Waals surface area contributed by atoms with Crippen LogP contribution in [0, 0.1) is 12.8 Å². The molecule has 1 heterocycles. The number of carbonyl (C=O) groups is 1. The van der Waals surface area contributed by atoms with Gasteiger partial charge in [0.15, 0.2) is 6.61 Å². The molecule has 0 aliphatic carbocycles. The van der Waals surface area contributed by atoms with Gasteiger partial charge in [0.1, 0.15) is 5.75 Å². The Kier molecular flexibility index (Phi) is 7.85. The fourth-order valence-electron chi connectivity index (χ4n) is 4.78. The maximum Gasteiger partial charge on any atom is 0.341 e. The van der Waals surface area contributed by atoms with E-state index >= 15 is 0 Å². The lowest BCUT2D eigenvalue weighted by Gasteiger charge is -2.43. The van der Waals surface area contributed by atoms with Crippen LogP contribution in [0.3, 0.4) is 0 Å². The highest BCUT2D eigenvalue weighted by Gasteiger charge is 2.41. The van der Waals surface area contributed by atoms with Crippen LogP contribution >= 0.6 is 23.2 Å². The number of hydrogen-bond donors (Lipinski definition) is 1. The summed E-state index contributed by atoms with van der Waals surface area (Å²) in [5.41, 5.74) is 4.64. The van der Waals surface area contributed by atoms with Crippen LogP contribution in [0.15, 0.2) is 78.9 Å². The monoisotopic (exact) mass is 510 g/mol. The number of halogens is 2. The first kappa shape index (κ1) is 25.3. The van der Waals surface area contributed by atoms with Gasteiger partial charge in [-0.15, -0.1) is 0 Å². The second-order valence-electron chi connectivity index (χ2n) is 9.06. The van der Waals surface area contributed by atoms with Crippen molar-refractivity contribution in [1.82, 2.24) is 0 Å². The van der Waals surface area contributed by atoms with Crippen LogP contribution in [0.2, 0.25) is 10.0 Å². The highest BCUT2D eigenvalue weighted by Crippen LogP contribution is 2.53. The van der Waals surface area contributed by atoms with Gasteiger partial charge in [0.2, 0.25) is 0 Å². The van der Waals surface area contributed by atoms with E-state index in [0.717, 1.165) is 23.1 Å². The van der Waals surface area contributed by atoms with E-state index in [1.165, 1.54) is 5.56 Å². The number of ether oxygens (including phenoxy) is 2. The smallest absolute Gasteiger partial charge is 0.341 e. The fourth-order valence-corrected chi connectivity index (χ4v) is 5.15. The molecule has 1 N–H and O–H groups in total.